The van der Waals surface area contributed by atoms with Gasteiger partial charge < -0.3 is 4.74 Å². The SMILES string of the molecule is CCOC(=O)C[C@@H]1Cc2ccccc2C(=O)C1(C)C. The zero-order chi connectivity index (χ0) is 14.0. The molecular formula is C16H20O3. The van der Waals surface area contributed by atoms with Crippen molar-refractivity contribution >= 4 is 11.8 Å². The van der Waals surface area contributed by atoms with Gasteiger partial charge in [-0.3, -0.25) is 9.59 Å². The summed E-state index contributed by atoms with van der Waals surface area (Å²) in [6.07, 6.45) is 1.06. The van der Waals surface area contributed by atoms with E-state index in [-0.39, 0.29) is 17.7 Å². The normalized spacial score (nSPS) is 20.8. The number of carbonyl (C=O) groups is 2. The van der Waals surface area contributed by atoms with E-state index in [1.165, 1.54) is 0 Å². The van der Waals surface area contributed by atoms with Crippen LogP contribution in [0.3, 0.4) is 0 Å². The van der Waals surface area contributed by atoms with E-state index in [1.54, 1.807) is 6.92 Å². The lowest BCUT2D eigenvalue weighted by Crippen LogP contribution is -2.40. The van der Waals surface area contributed by atoms with Crippen LogP contribution < -0.4 is 0 Å². The Balaban J connectivity index is 2.27. The first-order chi connectivity index (χ1) is 8.96. The summed E-state index contributed by atoms with van der Waals surface area (Å²) in [4.78, 5) is 24.2. The van der Waals surface area contributed by atoms with Gasteiger partial charge in [0.05, 0.1) is 6.61 Å². The van der Waals surface area contributed by atoms with Crippen molar-refractivity contribution in [2.75, 3.05) is 6.61 Å². The van der Waals surface area contributed by atoms with Crippen molar-refractivity contribution in [2.45, 2.75) is 33.6 Å². The third kappa shape index (κ3) is 2.55. The number of benzene rings is 1. The number of ketones is 1. The maximum absolute atomic E-state index is 12.5. The van der Waals surface area contributed by atoms with Gasteiger partial charge >= 0.3 is 5.97 Å². The Morgan fingerprint density at radius 1 is 1.37 bits per heavy atom. The van der Waals surface area contributed by atoms with E-state index in [0.717, 1.165) is 17.5 Å². The Morgan fingerprint density at radius 2 is 2.05 bits per heavy atom. The van der Waals surface area contributed by atoms with Gasteiger partial charge in [0.25, 0.3) is 0 Å². The Kier molecular flexibility index (Phi) is 3.74. The van der Waals surface area contributed by atoms with Gasteiger partial charge in [-0.15, -0.1) is 0 Å². The number of esters is 1. The van der Waals surface area contributed by atoms with Crippen LogP contribution in [-0.2, 0) is 16.0 Å². The van der Waals surface area contributed by atoms with Crippen molar-refractivity contribution in [2.24, 2.45) is 11.3 Å². The van der Waals surface area contributed by atoms with Gasteiger partial charge in [0.15, 0.2) is 5.78 Å². The summed E-state index contributed by atoms with van der Waals surface area (Å²) in [7, 11) is 0. The standard InChI is InChI=1S/C16H20O3/c1-4-19-14(17)10-12-9-11-7-5-6-8-13(11)15(18)16(12,2)3/h5-8,12H,4,9-10H2,1-3H3/t12-/m0/s1. The van der Waals surface area contributed by atoms with Gasteiger partial charge in [-0.1, -0.05) is 38.1 Å². The number of carbonyl (C=O) groups excluding carboxylic acids is 2. The van der Waals surface area contributed by atoms with Gasteiger partial charge in [-0.2, -0.15) is 0 Å². The molecule has 0 fully saturated rings. The second-order valence-electron chi connectivity index (χ2n) is 5.62. The van der Waals surface area contributed by atoms with Crippen LogP contribution in [0.25, 0.3) is 0 Å². The quantitative estimate of drug-likeness (QED) is 0.785. The number of fused-ring (bicyclic) bond motifs is 1. The molecule has 1 aliphatic carbocycles. The number of hydrogen-bond donors (Lipinski definition) is 0. The maximum atomic E-state index is 12.5. The average molecular weight is 260 g/mol. The Hall–Kier alpha value is -1.64. The summed E-state index contributed by atoms with van der Waals surface area (Å²) >= 11 is 0. The molecule has 1 atom stereocenters. The average Bonchev–Trinajstić information content (AvgIpc) is 2.36. The molecule has 3 nitrogen and oxygen atoms in total. The number of rotatable bonds is 3. The van der Waals surface area contributed by atoms with E-state index in [4.69, 9.17) is 4.74 Å². The summed E-state index contributed by atoms with van der Waals surface area (Å²) in [6, 6.07) is 7.67. The molecule has 19 heavy (non-hydrogen) atoms. The molecule has 0 N–H and O–H groups in total. The highest BCUT2D eigenvalue weighted by Crippen LogP contribution is 2.41. The Morgan fingerprint density at radius 3 is 2.74 bits per heavy atom. The molecule has 0 unspecified atom stereocenters. The van der Waals surface area contributed by atoms with Gasteiger partial charge in [0.2, 0.25) is 0 Å². The number of Topliss-reactive ketones (excluding diaryl/α,β-unsaturated/α-hetero) is 1. The highest BCUT2D eigenvalue weighted by Gasteiger charge is 2.42. The van der Waals surface area contributed by atoms with Crippen LogP contribution in [0, 0.1) is 11.3 Å². The summed E-state index contributed by atoms with van der Waals surface area (Å²) in [5, 5.41) is 0. The largest absolute Gasteiger partial charge is 0.466 e. The van der Waals surface area contributed by atoms with Crippen molar-refractivity contribution in [3.8, 4) is 0 Å². The molecule has 1 aromatic rings. The summed E-state index contributed by atoms with van der Waals surface area (Å²) in [5.41, 5.74) is 1.33. The van der Waals surface area contributed by atoms with E-state index >= 15 is 0 Å². The molecular weight excluding hydrogens is 240 g/mol. The van der Waals surface area contributed by atoms with Crippen LogP contribution in [-0.4, -0.2) is 18.4 Å². The van der Waals surface area contributed by atoms with Gasteiger partial charge in [-0.25, -0.2) is 0 Å². The second kappa shape index (κ2) is 5.16. The number of hydrogen-bond acceptors (Lipinski definition) is 3. The van der Waals surface area contributed by atoms with Gasteiger partial charge in [0, 0.05) is 17.4 Å². The number of ether oxygens (including phenoxy) is 1. The zero-order valence-corrected chi connectivity index (χ0v) is 11.7. The first-order valence-corrected chi connectivity index (χ1v) is 6.75. The van der Waals surface area contributed by atoms with Crippen LogP contribution >= 0.6 is 0 Å². The van der Waals surface area contributed by atoms with Crippen molar-refractivity contribution in [1.82, 2.24) is 0 Å². The molecule has 3 heteroatoms. The van der Waals surface area contributed by atoms with E-state index < -0.39 is 5.41 Å². The third-order valence-electron chi connectivity index (χ3n) is 4.05. The monoisotopic (exact) mass is 260 g/mol. The molecule has 0 saturated heterocycles. The molecule has 0 aliphatic heterocycles. The lowest BCUT2D eigenvalue weighted by atomic mass is 9.65. The Bertz CT molecular complexity index is 502. The molecule has 0 radical (unpaired) electrons. The van der Waals surface area contributed by atoms with Gasteiger partial charge in [0.1, 0.15) is 0 Å². The van der Waals surface area contributed by atoms with Crippen molar-refractivity contribution in [3.63, 3.8) is 0 Å². The van der Waals surface area contributed by atoms with Crippen LogP contribution in [0.15, 0.2) is 24.3 Å². The van der Waals surface area contributed by atoms with Crippen molar-refractivity contribution in [1.29, 1.82) is 0 Å². The fourth-order valence-corrected chi connectivity index (χ4v) is 2.72. The topological polar surface area (TPSA) is 43.4 Å². The first kappa shape index (κ1) is 13.8. The smallest absolute Gasteiger partial charge is 0.306 e. The second-order valence-corrected chi connectivity index (χ2v) is 5.62. The third-order valence-corrected chi connectivity index (χ3v) is 4.05. The highest BCUT2D eigenvalue weighted by atomic mass is 16.5. The van der Waals surface area contributed by atoms with Crippen LogP contribution in [0.2, 0.25) is 0 Å². The van der Waals surface area contributed by atoms with Crippen molar-refractivity contribution < 1.29 is 14.3 Å². The molecule has 0 saturated carbocycles. The first-order valence-electron chi connectivity index (χ1n) is 6.75. The molecule has 2 rings (SSSR count). The fourth-order valence-electron chi connectivity index (χ4n) is 2.72. The minimum absolute atomic E-state index is 0.00829. The maximum Gasteiger partial charge on any atom is 0.306 e. The molecule has 0 aromatic heterocycles. The lowest BCUT2D eigenvalue weighted by molar-refractivity contribution is -0.145. The predicted molar refractivity (Wildman–Crippen MR) is 73.0 cm³/mol. The molecule has 1 aromatic carbocycles. The molecule has 0 bridgehead atoms. The zero-order valence-electron chi connectivity index (χ0n) is 11.7. The summed E-state index contributed by atoms with van der Waals surface area (Å²) < 4.78 is 5.01. The molecule has 0 amide bonds. The van der Waals surface area contributed by atoms with E-state index in [2.05, 4.69) is 0 Å². The molecule has 0 heterocycles. The molecule has 1 aliphatic rings. The summed E-state index contributed by atoms with van der Waals surface area (Å²) in [5.74, 6) is -0.0784. The summed E-state index contributed by atoms with van der Waals surface area (Å²) in [6.45, 7) is 6.03. The highest BCUT2D eigenvalue weighted by molar-refractivity contribution is 6.02. The van der Waals surface area contributed by atoms with Crippen LogP contribution in [0.5, 0.6) is 0 Å². The van der Waals surface area contributed by atoms with Crippen LogP contribution in [0.1, 0.15) is 43.1 Å². The van der Waals surface area contributed by atoms with Crippen molar-refractivity contribution in [3.05, 3.63) is 35.4 Å². The minimum Gasteiger partial charge on any atom is -0.466 e. The lowest BCUT2D eigenvalue weighted by Gasteiger charge is -2.37. The Labute approximate surface area is 114 Å². The minimum atomic E-state index is -0.513. The predicted octanol–water partition coefficient (Wildman–Crippen LogP) is 3.02. The van der Waals surface area contributed by atoms with E-state index in [1.807, 2.05) is 38.1 Å². The van der Waals surface area contributed by atoms with Crippen LogP contribution in [0.4, 0.5) is 0 Å². The fraction of sp³-hybridized carbons (Fsp3) is 0.500. The van der Waals surface area contributed by atoms with E-state index in [0.29, 0.717) is 13.0 Å². The van der Waals surface area contributed by atoms with E-state index in [9.17, 15) is 9.59 Å². The molecule has 0 spiro atoms. The van der Waals surface area contributed by atoms with Gasteiger partial charge in [-0.05, 0) is 24.8 Å². The molecule has 102 valence electrons.